The van der Waals surface area contributed by atoms with E-state index in [0.717, 1.165) is 38.5 Å². The van der Waals surface area contributed by atoms with Gasteiger partial charge in [0, 0.05) is 6.42 Å². The number of ether oxygens (including phenoxy) is 2. The van der Waals surface area contributed by atoms with Crippen LogP contribution in [0.3, 0.4) is 0 Å². The number of aliphatic hydroxyl groups is 5. The molecular weight excluding hydrogens is 707 g/mol. The first kappa shape index (κ1) is 52.9. The molecule has 9 heteroatoms. The van der Waals surface area contributed by atoms with Gasteiger partial charge in [-0.15, -0.1) is 0 Å². The van der Waals surface area contributed by atoms with Crippen LogP contribution in [0.15, 0.2) is 12.2 Å². The zero-order chi connectivity index (χ0) is 40.9. The molecule has 6 N–H and O–H groups in total. The number of aliphatic hydroxyl groups excluding tert-OH is 5. The predicted octanol–water partition coefficient (Wildman–Crippen LogP) is 10.1. The van der Waals surface area contributed by atoms with Gasteiger partial charge in [0.15, 0.2) is 6.29 Å². The summed E-state index contributed by atoms with van der Waals surface area (Å²) in [6, 6.07) is -0.796. The van der Waals surface area contributed by atoms with E-state index < -0.39 is 49.5 Å². The summed E-state index contributed by atoms with van der Waals surface area (Å²) in [6.45, 7) is 3.72. The van der Waals surface area contributed by atoms with E-state index in [9.17, 15) is 30.3 Å². The van der Waals surface area contributed by atoms with Gasteiger partial charge in [0.25, 0.3) is 0 Å². The largest absolute Gasteiger partial charge is 0.394 e. The third-order valence-corrected chi connectivity index (χ3v) is 11.6. The first-order valence-corrected chi connectivity index (χ1v) is 23.9. The Bertz CT molecular complexity index is 888. The minimum atomic E-state index is -1.56. The van der Waals surface area contributed by atoms with Gasteiger partial charge in [0.05, 0.1) is 25.4 Å². The van der Waals surface area contributed by atoms with Crippen molar-refractivity contribution >= 4 is 5.91 Å². The number of nitrogens with one attached hydrogen (secondary N) is 1. The average Bonchev–Trinajstić information content (AvgIpc) is 3.20. The van der Waals surface area contributed by atoms with Crippen molar-refractivity contribution in [2.75, 3.05) is 13.2 Å². The molecule has 0 aromatic heterocycles. The van der Waals surface area contributed by atoms with Crippen LogP contribution < -0.4 is 5.32 Å². The summed E-state index contributed by atoms with van der Waals surface area (Å²) in [5, 5.41) is 53.9. The van der Waals surface area contributed by atoms with Crippen molar-refractivity contribution < 1.29 is 39.8 Å². The highest BCUT2D eigenvalue weighted by molar-refractivity contribution is 5.76. The molecule has 1 saturated heterocycles. The highest BCUT2D eigenvalue weighted by Crippen LogP contribution is 2.23. The van der Waals surface area contributed by atoms with Gasteiger partial charge >= 0.3 is 0 Å². The molecule has 7 unspecified atom stereocenters. The zero-order valence-corrected chi connectivity index (χ0v) is 36.4. The molecule has 1 heterocycles. The lowest BCUT2D eigenvalue weighted by Gasteiger charge is -2.40. The van der Waals surface area contributed by atoms with Gasteiger partial charge < -0.3 is 40.3 Å². The summed E-state index contributed by atoms with van der Waals surface area (Å²) >= 11 is 0. The molecule has 0 spiro atoms. The van der Waals surface area contributed by atoms with Crippen molar-refractivity contribution in [1.82, 2.24) is 5.32 Å². The first-order valence-electron chi connectivity index (χ1n) is 23.9. The van der Waals surface area contributed by atoms with Gasteiger partial charge in [0.2, 0.25) is 5.91 Å². The molecule has 1 rings (SSSR count). The third kappa shape index (κ3) is 28.4. The van der Waals surface area contributed by atoms with Crippen molar-refractivity contribution in [3.05, 3.63) is 12.2 Å². The fourth-order valence-corrected chi connectivity index (χ4v) is 7.75. The SMILES string of the molecule is CCCCCCC/C=C/C(O)C(COC1OC(CO)C(O)C(O)C1O)NC(=O)CCCCCCCCCCCCCCCCCCCCCCCCCCCC. The fraction of sp³-hybridized carbons (Fsp3) is 0.936. The summed E-state index contributed by atoms with van der Waals surface area (Å²) in [4.78, 5) is 12.9. The molecule has 1 aliphatic heterocycles. The van der Waals surface area contributed by atoms with Crippen LogP contribution in [0.4, 0.5) is 0 Å². The summed E-state index contributed by atoms with van der Waals surface area (Å²) in [6.07, 6.45) is 37.3. The number of hydrogen-bond donors (Lipinski definition) is 6. The third-order valence-electron chi connectivity index (χ3n) is 11.6. The molecule has 1 fully saturated rings. The second-order valence-corrected chi connectivity index (χ2v) is 16.9. The Morgan fingerprint density at radius 1 is 0.589 bits per heavy atom. The molecular formula is C47H91NO8. The summed E-state index contributed by atoms with van der Waals surface area (Å²) < 4.78 is 11.2. The predicted molar refractivity (Wildman–Crippen MR) is 231 cm³/mol. The van der Waals surface area contributed by atoms with Crippen LogP contribution >= 0.6 is 0 Å². The molecule has 7 atom stereocenters. The lowest BCUT2D eigenvalue weighted by Crippen LogP contribution is -2.60. The van der Waals surface area contributed by atoms with E-state index in [0.29, 0.717) is 6.42 Å². The lowest BCUT2D eigenvalue weighted by atomic mass is 9.99. The molecule has 0 saturated carbocycles. The maximum absolute atomic E-state index is 12.9. The monoisotopic (exact) mass is 798 g/mol. The standard InChI is InChI=1S/C47H91NO8/c1-3-5-7-9-11-12-13-14-15-16-17-18-19-20-21-22-23-24-25-26-27-28-29-31-33-35-37-43(51)48-40(41(50)36-34-32-30-10-8-6-4-2)39-55-47-46(54)45(53)44(52)42(38-49)56-47/h34,36,40-42,44-47,49-50,52-54H,3-33,35,37-39H2,1-2H3,(H,48,51)/b36-34+. The minimum Gasteiger partial charge on any atom is -0.394 e. The fourth-order valence-electron chi connectivity index (χ4n) is 7.75. The molecule has 0 bridgehead atoms. The quantitative estimate of drug-likeness (QED) is 0.0265. The summed E-state index contributed by atoms with van der Waals surface area (Å²) in [7, 11) is 0. The molecule has 332 valence electrons. The van der Waals surface area contributed by atoms with E-state index in [1.807, 2.05) is 6.08 Å². The van der Waals surface area contributed by atoms with Crippen LogP contribution in [0.1, 0.15) is 226 Å². The van der Waals surface area contributed by atoms with E-state index in [1.54, 1.807) is 6.08 Å². The van der Waals surface area contributed by atoms with Crippen LogP contribution in [0, 0.1) is 0 Å². The van der Waals surface area contributed by atoms with Crippen LogP contribution in [0.25, 0.3) is 0 Å². The zero-order valence-electron chi connectivity index (χ0n) is 36.4. The maximum Gasteiger partial charge on any atom is 0.220 e. The van der Waals surface area contributed by atoms with Crippen molar-refractivity contribution in [1.29, 1.82) is 0 Å². The highest BCUT2D eigenvalue weighted by atomic mass is 16.7. The van der Waals surface area contributed by atoms with Crippen LogP contribution in [-0.4, -0.2) is 87.5 Å². The smallest absolute Gasteiger partial charge is 0.220 e. The molecule has 0 aromatic carbocycles. The van der Waals surface area contributed by atoms with Crippen molar-refractivity contribution in [3.63, 3.8) is 0 Å². The first-order chi connectivity index (χ1) is 27.3. The van der Waals surface area contributed by atoms with Crippen molar-refractivity contribution in [2.45, 2.75) is 269 Å². The number of carbonyl (C=O) groups is 1. The van der Waals surface area contributed by atoms with Crippen LogP contribution in [0.2, 0.25) is 0 Å². The number of unbranched alkanes of at least 4 members (excludes halogenated alkanes) is 30. The van der Waals surface area contributed by atoms with Crippen molar-refractivity contribution in [2.24, 2.45) is 0 Å². The van der Waals surface area contributed by atoms with E-state index in [2.05, 4.69) is 19.2 Å². The van der Waals surface area contributed by atoms with Gasteiger partial charge in [-0.1, -0.05) is 212 Å². The normalized spacial score (nSPS) is 21.2. The van der Waals surface area contributed by atoms with Crippen molar-refractivity contribution in [3.8, 4) is 0 Å². The maximum atomic E-state index is 12.9. The number of allylic oxidation sites excluding steroid dienone is 1. The van der Waals surface area contributed by atoms with E-state index in [4.69, 9.17) is 9.47 Å². The minimum absolute atomic E-state index is 0.177. The Kier molecular flexibility index (Phi) is 36.1. The van der Waals surface area contributed by atoms with Gasteiger partial charge in [-0.05, 0) is 19.3 Å². The molecule has 9 nitrogen and oxygen atoms in total. The molecule has 0 aromatic rings. The second kappa shape index (κ2) is 38.2. The van der Waals surface area contributed by atoms with Gasteiger partial charge in [-0.2, -0.15) is 0 Å². The molecule has 56 heavy (non-hydrogen) atoms. The van der Waals surface area contributed by atoms with Crippen LogP contribution in [-0.2, 0) is 14.3 Å². The number of rotatable bonds is 40. The number of carbonyl (C=O) groups excluding carboxylic acids is 1. The molecule has 1 aliphatic rings. The van der Waals surface area contributed by atoms with Gasteiger partial charge in [-0.25, -0.2) is 0 Å². The molecule has 0 aliphatic carbocycles. The Morgan fingerprint density at radius 2 is 0.982 bits per heavy atom. The lowest BCUT2D eigenvalue weighted by molar-refractivity contribution is -0.302. The number of hydrogen-bond acceptors (Lipinski definition) is 8. The summed E-state index contributed by atoms with van der Waals surface area (Å²) in [5.74, 6) is -0.177. The number of amides is 1. The van der Waals surface area contributed by atoms with Gasteiger partial charge in [-0.3, -0.25) is 4.79 Å². The second-order valence-electron chi connectivity index (χ2n) is 16.9. The highest BCUT2D eigenvalue weighted by Gasteiger charge is 2.44. The summed E-state index contributed by atoms with van der Waals surface area (Å²) in [5.41, 5.74) is 0. The Balaban J connectivity index is 2.12. The average molecular weight is 798 g/mol. The Morgan fingerprint density at radius 3 is 1.39 bits per heavy atom. The van der Waals surface area contributed by atoms with E-state index in [-0.39, 0.29) is 12.5 Å². The Labute approximate surface area is 344 Å². The van der Waals surface area contributed by atoms with Gasteiger partial charge in [0.1, 0.15) is 24.4 Å². The van der Waals surface area contributed by atoms with Crippen LogP contribution in [0.5, 0.6) is 0 Å². The van der Waals surface area contributed by atoms with E-state index in [1.165, 1.54) is 167 Å². The van der Waals surface area contributed by atoms with E-state index >= 15 is 0 Å². The topological polar surface area (TPSA) is 149 Å². The molecule has 1 amide bonds. The molecule has 0 radical (unpaired) electrons. The Hall–Kier alpha value is -1.07.